The zero-order chi connectivity index (χ0) is 15.4. The highest BCUT2D eigenvalue weighted by atomic mass is 16.1. The average molecular weight is 296 g/mol. The number of rotatable bonds is 6. The number of hydrogen-bond donors (Lipinski definition) is 3. The van der Waals surface area contributed by atoms with Gasteiger partial charge in [-0.25, -0.2) is 0 Å². The van der Waals surface area contributed by atoms with Crippen LogP contribution in [0.15, 0.2) is 30.7 Å². The Balaban J connectivity index is 1.71. The molecular formula is C15H16N6O. The summed E-state index contributed by atoms with van der Waals surface area (Å²) in [6, 6.07) is 5.69. The van der Waals surface area contributed by atoms with Gasteiger partial charge in [0.05, 0.1) is 30.6 Å². The summed E-state index contributed by atoms with van der Waals surface area (Å²) in [5, 5.41) is 21.6. The Bertz CT molecular complexity index is 686. The molecule has 7 nitrogen and oxygen atoms in total. The molecule has 1 aliphatic rings. The number of amides is 1. The van der Waals surface area contributed by atoms with Crippen molar-refractivity contribution in [2.45, 2.75) is 25.3 Å². The lowest BCUT2D eigenvalue weighted by Gasteiger charge is -2.15. The second kappa shape index (κ2) is 6.26. The molecule has 1 fully saturated rings. The van der Waals surface area contributed by atoms with Crippen molar-refractivity contribution in [3.63, 3.8) is 0 Å². The summed E-state index contributed by atoms with van der Waals surface area (Å²) >= 11 is 0. The Morgan fingerprint density at radius 3 is 3.05 bits per heavy atom. The number of pyridine rings is 1. The van der Waals surface area contributed by atoms with Crippen LogP contribution in [-0.4, -0.2) is 27.1 Å². The SMILES string of the molecule is N#CCC(NC(=O)c1cn[nH]c1Nc1cccnc1)C1CC1. The van der Waals surface area contributed by atoms with Gasteiger partial charge < -0.3 is 10.6 Å². The van der Waals surface area contributed by atoms with E-state index in [1.807, 2.05) is 6.07 Å². The molecule has 7 heteroatoms. The molecule has 3 N–H and O–H groups in total. The Morgan fingerprint density at radius 2 is 2.36 bits per heavy atom. The zero-order valence-corrected chi connectivity index (χ0v) is 11.9. The van der Waals surface area contributed by atoms with Crippen LogP contribution in [0.1, 0.15) is 29.6 Å². The molecule has 2 aromatic heterocycles. The molecule has 1 unspecified atom stereocenters. The second-order valence-electron chi connectivity index (χ2n) is 5.31. The van der Waals surface area contributed by atoms with Crippen molar-refractivity contribution in [2.75, 3.05) is 5.32 Å². The van der Waals surface area contributed by atoms with E-state index in [0.717, 1.165) is 18.5 Å². The number of hydrogen-bond acceptors (Lipinski definition) is 5. The molecule has 22 heavy (non-hydrogen) atoms. The molecule has 1 aliphatic carbocycles. The van der Waals surface area contributed by atoms with E-state index in [-0.39, 0.29) is 11.9 Å². The molecule has 0 aliphatic heterocycles. The fourth-order valence-electron chi connectivity index (χ4n) is 2.31. The maximum atomic E-state index is 12.4. The van der Waals surface area contributed by atoms with Crippen LogP contribution in [0, 0.1) is 17.2 Å². The van der Waals surface area contributed by atoms with Crippen molar-refractivity contribution in [3.05, 3.63) is 36.3 Å². The number of aromatic amines is 1. The highest BCUT2D eigenvalue weighted by Crippen LogP contribution is 2.34. The van der Waals surface area contributed by atoms with E-state index in [4.69, 9.17) is 5.26 Å². The first kappa shape index (κ1) is 14.1. The van der Waals surface area contributed by atoms with Crippen molar-refractivity contribution in [1.82, 2.24) is 20.5 Å². The fourth-order valence-corrected chi connectivity index (χ4v) is 2.31. The lowest BCUT2D eigenvalue weighted by molar-refractivity contribution is 0.0934. The van der Waals surface area contributed by atoms with Crippen LogP contribution in [0.2, 0.25) is 0 Å². The predicted molar refractivity (Wildman–Crippen MR) is 80.3 cm³/mol. The van der Waals surface area contributed by atoms with Gasteiger partial charge in [0.15, 0.2) is 0 Å². The molecule has 2 heterocycles. The second-order valence-corrected chi connectivity index (χ2v) is 5.31. The van der Waals surface area contributed by atoms with E-state index in [1.54, 1.807) is 18.5 Å². The summed E-state index contributed by atoms with van der Waals surface area (Å²) in [4.78, 5) is 16.4. The predicted octanol–water partition coefficient (Wildman–Crippen LogP) is 1.97. The highest BCUT2D eigenvalue weighted by Gasteiger charge is 2.32. The first-order chi connectivity index (χ1) is 10.8. The van der Waals surface area contributed by atoms with Crippen LogP contribution >= 0.6 is 0 Å². The van der Waals surface area contributed by atoms with E-state index in [0.29, 0.717) is 23.7 Å². The monoisotopic (exact) mass is 296 g/mol. The zero-order valence-electron chi connectivity index (χ0n) is 11.9. The van der Waals surface area contributed by atoms with E-state index in [2.05, 4.69) is 31.9 Å². The highest BCUT2D eigenvalue weighted by molar-refractivity contribution is 5.99. The Kier molecular flexibility index (Phi) is 4.01. The summed E-state index contributed by atoms with van der Waals surface area (Å²) in [5.74, 6) is 0.703. The number of nitrogens with zero attached hydrogens (tertiary/aromatic N) is 3. The summed E-state index contributed by atoms with van der Waals surface area (Å²) < 4.78 is 0. The third kappa shape index (κ3) is 3.23. The molecule has 0 saturated heterocycles. The summed E-state index contributed by atoms with van der Waals surface area (Å²) in [6.07, 6.45) is 7.28. The maximum Gasteiger partial charge on any atom is 0.256 e. The third-order valence-electron chi connectivity index (χ3n) is 3.63. The van der Waals surface area contributed by atoms with Gasteiger partial charge in [-0.15, -0.1) is 0 Å². The smallest absolute Gasteiger partial charge is 0.256 e. The van der Waals surface area contributed by atoms with Gasteiger partial charge in [0.1, 0.15) is 11.4 Å². The van der Waals surface area contributed by atoms with Crippen molar-refractivity contribution in [2.24, 2.45) is 5.92 Å². The van der Waals surface area contributed by atoms with E-state index >= 15 is 0 Å². The number of H-pyrrole nitrogens is 1. The topological polar surface area (TPSA) is 106 Å². The molecule has 1 amide bonds. The van der Waals surface area contributed by atoms with E-state index in [9.17, 15) is 4.79 Å². The molecule has 1 saturated carbocycles. The van der Waals surface area contributed by atoms with Gasteiger partial charge in [-0.2, -0.15) is 10.4 Å². The van der Waals surface area contributed by atoms with E-state index < -0.39 is 0 Å². The number of aromatic nitrogens is 3. The van der Waals surface area contributed by atoms with Gasteiger partial charge in [-0.3, -0.25) is 14.9 Å². The minimum Gasteiger partial charge on any atom is -0.348 e. The standard InChI is InChI=1S/C15H16N6O/c16-6-5-13(10-3-4-10)20-15(22)12-9-18-21-14(12)19-11-2-1-7-17-8-11/h1-2,7-10,13H,3-5H2,(H,20,22)(H2,18,19,21). The number of anilines is 2. The molecule has 2 aromatic rings. The fraction of sp³-hybridized carbons (Fsp3) is 0.333. The van der Waals surface area contributed by atoms with Crippen LogP contribution in [0.25, 0.3) is 0 Å². The molecule has 112 valence electrons. The number of nitriles is 1. The lowest BCUT2D eigenvalue weighted by Crippen LogP contribution is -2.36. The molecular weight excluding hydrogens is 280 g/mol. The molecule has 3 rings (SSSR count). The number of carbonyl (C=O) groups is 1. The maximum absolute atomic E-state index is 12.4. The van der Waals surface area contributed by atoms with Crippen LogP contribution in [-0.2, 0) is 0 Å². The average Bonchev–Trinajstić information content (AvgIpc) is 3.28. The van der Waals surface area contributed by atoms with Crippen molar-refractivity contribution >= 4 is 17.4 Å². The van der Waals surface area contributed by atoms with Gasteiger partial charge in [-0.1, -0.05) is 0 Å². The molecule has 0 aromatic carbocycles. The summed E-state index contributed by atoms with van der Waals surface area (Å²) in [5.41, 5.74) is 1.18. The lowest BCUT2D eigenvalue weighted by atomic mass is 10.1. The van der Waals surface area contributed by atoms with E-state index in [1.165, 1.54) is 6.20 Å². The Labute approximate surface area is 127 Å². The Morgan fingerprint density at radius 1 is 1.50 bits per heavy atom. The summed E-state index contributed by atoms with van der Waals surface area (Å²) in [6.45, 7) is 0. The van der Waals surface area contributed by atoms with Crippen LogP contribution in [0.3, 0.4) is 0 Å². The molecule has 1 atom stereocenters. The van der Waals surface area contributed by atoms with Crippen molar-refractivity contribution in [3.8, 4) is 6.07 Å². The van der Waals surface area contributed by atoms with Crippen LogP contribution in [0.4, 0.5) is 11.5 Å². The third-order valence-corrected chi connectivity index (χ3v) is 3.63. The summed E-state index contributed by atoms with van der Waals surface area (Å²) in [7, 11) is 0. The first-order valence-electron chi connectivity index (χ1n) is 7.16. The van der Waals surface area contributed by atoms with Crippen molar-refractivity contribution in [1.29, 1.82) is 5.26 Å². The Hall–Kier alpha value is -2.88. The molecule has 0 radical (unpaired) electrons. The number of nitrogens with one attached hydrogen (secondary N) is 3. The normalized spacial score (nSPS) is 14.9. The van der Waals surface area contributed by atoms with Crippen LogP contribution in [0.5, 0.6) is 0 Å². The quantitative estimate of drug-likeness (QED) is 0.755. The minimum absolute atomic E-state index is 0.0846. The van der Waals surface area contributed by atoms with Crippen LogP contribution < -0.4 is 10.6 Å². The minimum atomic E-state index is -0.229. The molecule has 0 spiro atoms. The van der Waals surface area contributed by atoms with Gasteiger partial charge in [0.2, 0.25) is 0 Å². The molecule has 0 bridgehead atoms. The van der Waals surface area contributed by atoms with Gasteiger partial charge in [0.25, 0.3) is 5.91 Å². The van der Waals surface area contributed by atoms with Gasteiger partial charge in [0, 0.05) is 12.2 Å². The number of carbonyl (C=O) groups excluding carboxylic acids is 1. The van der Waals surface area contributed by atoms with Crippen molar-refractivity contribution < 1.29 is 4.79 Å². The largest absolute Gasteiger partial charge is 0.348 e. The first-order valence-corrected chi connectivity index (χ1v) is 7.16. The van der Waals surface area contributed by atoms with Gasteiger partial charge in [-0.05, 0) is 30.9 Å². The van der Waals surface area contributed by atoms with Gasteiger partial charge >= 0.3 is 0 Å².